The SMILES string of the molecule is COc1c(F)c([O-])c(C(C)(O)SC)c(O)c1F. The first-order chi connectivity index (χ1) is 7.77. The van der Waals surface area contributed by atoms with E-state index in [-0.39, 0.29) is 0 Å². The normalized spacial score (nSPS) is 14.5. The van der Waals surface area contributed by atoms with Gasteiger partial charge in [-0.3, -0.25) is 0 Å². The number of benzene rings is 1. The number of ether oxygens (including phenoxy) is 1. The molecule has 1 rings (SSSR count). The summed E-state index contributed by atoms with van der Waals surface area (Å²) in [5.74, 6) is -6.25. The summed E-state index contributed by atoms with van der Waals surface area (Å²) in [4.78, 5) is -1.89. The number of halogens is 2. The molecule has 0 aliphatic heterocycles. The quantitative estimate of drug-likeness (QED) is 0.805. The van der Waals surface area contributed by atoms with E-state index in [4.69, 9.17) is 0 Å². The van der Waals surface area contributed by atoms with Gasteiger partial charge in [0, 0.05) is 5.56 Å². The Bertz CT molecular complexity index is 419. The van der Waals surface area contributed by atoms with Gasteiger partial charge in [-0.1, -0.05) is 5.75 Å². The fraction of sp³-hybridized carbons (Fsp3) is 0.400. The molecular weight excluding hydrogens is 254 g/mol. The number of phenolic OH excluding ortho intramolecular Hbond substituents is 1. The van der Waals surface area contributed by atoms with Crippen LogP contribution in [0.1, 0.15) is 12.5 Å². The molecule has 1 aromatic rings. The van der Waals surface area contributed by atoms with Gasteiger partial charge >= 0.3 is 0 Å². The van der Waals surface area contributed by atoms with Crippen molar-refractivity contribution >= 4 is 11.8 Å². The van der Waals surface area contributed by atoms with Crippen molar-refractivity contribution in [2.75, 3.05) is 13.4 Å². The highest BCUT2D eigenvalue weighted by Gasteiger charge is 2.32. The van der Waals surface area contributed by atoms with Crippen molar-refractivity contribution in [3.63, 3.8) is 0 Å². The number of phenols is 1. The largest absolute Gasteiger partial charge is 0.870 e. The molecule has 1 atom stereocenters. The zero-order valence-corrected chi connectivity index (χ0v) is 10.2. The first-order valence-corrected chi connectivity index (χ1v) is 5.73. The topological polar surface area (TPSA) is 72.8 Å². The van der Waals surface area contributed by atoms with Gasteiger partial charge < -0.3 is 20.1 Å². The number of aliphatic hydroxyl groups is 1. The lowest BCUT2D eigenvalue weighted by atomic mass is 10.1. The number of hydrogen-bond acceptors (Lipinski definition) is 5. The highest BCUT2D eigenvalue weighted by Crippen LogP contribution is 2.46. The van der Waals surface area contributed by atoms with Gasteiger partial charge in [-0.05, 0) is 13.2 Å². The second-order valence-electron chi connectivity index (χ2n) is 3.40. The summed E-state index contributed by atoms with van der Waals surface area (Å²) < 4.78 is 31.3. The molecule has 0 aliphatic carbocycles. The van der Waals surface area contributed by atoms with Crippen molar-refractivity contribution in [1.29, 1.82) is 0 Å². The predicted octanol–water partition coefficient (Wildman–Crippen LogP) is 1.28. The minimum absolute atomic E-state index is 0.735. The fourth-order valence-corrected chi connectivity index (χ4v) is 1.74. The zero-order chi connectivity index (χ0) is 13.4. The monoisotopic (exact) mass is 265 g/mol. The van der Waals surface area contributed by atoms with E-state index in [2.05, 4.69) is 4.74 Å². The van der Waals surface area contributed by atoms with E-state index in [1.165, 1.54) is 6.26 Å². The van der Waals surface area contributed by atoms with Gasteiger partial charge in [-0.15, -0.1) is 11.8 Å². The highest BCUT2D eigenvalue weighted by molar-refractivity contribution is 7.99. The maximum Gasteiger partial charge on any atom is 0.210 e. The molecule has 7 heteroatoms. The van der Waals surface area contributed by atoms with Gasteiger partial charge in [0.25, 0.3) is 0 Å². The summed E-state index contributed by atoms with van der Waals surface area (Å²) in [5, 5.41) is 30.9. The summed E-state index contributed by atoms with van der Waals surface area (Å²) in [5.41, 5.74) is -0.735. The number of thioether (sulfide) groups is 1. The lowest BCUT2D eigenvalue weighted by Gasteiger charge is -2.28. The summed E-state index contributed by atoms with van der Waals surface area (Å²) in [6.07, 6.45) is 1.43. The Kier molecular flexibility index (Phi) is 3.73. The maximum absolute atomic E-state index is 13.5. The standard InChI is InChI=1S/C10H12F2O4S/c1-10(15,17-3)4-7(13)5(11)9(16-2)6(12)8(4)14/h13-15H,1-3H3/p-1. The predicted molar refractivity (Wildman–Crippen MR) is 57.1 cm³/mol. The molecule has 2 N–H and O–H groups in total. The van der Waals surface area contributed by atoms with Crippen molar-refractivity contribution in [2.24, 2.45) is 0 Å². The van der Waals surface area contributed by atoms with Crippen LogP contribution in [0.2, 0.25) is 0 Å². The van der Waals surface area contributed by atoms with E-state index in [0.29, 0.717) is 0 Å². The Morgan fingerprint density at radius 1 is 1.35 bits per heavy atom. The number of rotatable bonds is 3. The first kappa shape index (κ1) is 13.9. The van der Waals surface area contributed by atoms with Crippen LogP contribution >= 0.6 is 11.8 Å². The molecule has 0 radical (unpaired) electrons. The van der Waals surface area contributed by atoms with Gasteiger partial charge in [0.2, 0.25) is 5.82 Å². The maximum atomic E-state index is 13.5. The molecular formula is C10H11F2O4S-. The van der Waals surface area contributed by atoms with Gasteiger partial charge in [0.05, 0.1) is 7.11 Å². The number of aromatic hydroxyl groups is 1. The van der Waals surface area contributed by atoms with Crippen LogP contribution in [0.5, 0.6) is 17.2 Å². The average molecular weight is 265 g/mol. The molecule has 0 fully saturated rings. The fourth-order valence-electron chi connectivity index (χ4n) is 1.35. The van der Waals surface area contributed by atoms with Gasteiger partial charge in [-0.25, -0.2) is 4.39 Å². The van der Waals surface area contributed by atoms with Crippen LogP contribution in [0.3, 0.4) is 0 Å². The molecule has 0 amide bonds. The third kappa shape index (κ3) is 2.12. The number of methoxy groups -OCH3 is 1. The van der Waals surface area contributed by atoms with Crippen molar-refractivity contribution in [2.45, 2.75) is 11.9 Å². The summed E-state index contributed by atoms with van der Waals surface area (Å²) in [6, 6.07) is 0. The first-order valence-electron chi connectivity index (χ1n) is 4.50. The van der Waals surface area contributed by atoms with E-state index in [1.54, 1.807) is 0 Å². The summed E-state index contributed by atoms with van der Waals surface area (Å²) >= 11 is 0.761. The van der Waals surface area contributed by atoms with Crippen molar-refractivity contribution in [1.82, 2.24) is 0 Å². The smallest absolute Gasteiger partial charge is 0.210 e. The molecule has 4 nitrogen and oxygen atoms in total. The van der Waals surface area contributed by atoms with E-state index in [9.17, 15) is 24.1 Å². The van der Waals surface area contributed by atoms with E-state index in [1.807, 2.05) is 0 Å². The zero-order valence-electron chi connectivity index (χ0n) is 9.38. The van der Waals surface area contributed by atoms with Crippen LogP contribution in [-0.2, 0) is 4.93 Å². The molecule has 96 valence electrons. The van der Waals surface area contributed by atoms with Crippen LogP contribution in [0.4, 0.5) is 8.78 Å². The third-order valence-corrected chi connectivity index (χ3v) is 3.33. The van der Waals surface area contributed by atoms with Crippen molar-refractivity contribution in [3.05, 3.63) is 17.2 Å². The van der Waals surface area contributed by atoms with Gasteiger partial charge in [0.15, 0.2) is 17.3 Å². The molecule has 0 saturated heterocycles. The van der Waals surface area contributed by atoms with Gasteiger partial charge in [-0.2, -0.15) is 4.39 Å². The summed E-state index contributed by atoms with van der Waals surface area (Å²) in [6.45, 7) is 1.15. The van der Waals surface area contributed by atoms with Crippen LogP contribution in [0.25, 0.3) is 0 Å². The Morgan fingerprint density at radius 2 is 1.88 bits per heavy atom. The van der Waals surface area contributed by atoms with Crippen molar-refractivity contribution < 1.29 is 28.8 Å². The van der Waals surface area contributed by atoms with Crippen LogP contribution < -0.4 is 9.84 Å². The van der Waals surface area contributed by atoms with Crippen LogP contribution in [0, 0.1) is 11.6 Å². The minimum Gasteiger partial charge on any atom is -0.870 e. The second-order valence-corrected chi connectivity index (χ2v) is 4.60. The molecule has 1 aromatic carbocycles. The van der Waals surface area contributed by atoms with Gasteiger partial charge in [0.1, 0.15) is 4.93 Å². The van der Waals surface area contributed by atoms with E-state index in [0.717, 1.165) is 25.8 Å². The molecule has 0 heterocycles. The Balaban J connectivity index is 3.65. The Morgan fingerprint density at radius 3 is 2.29 bits per heavy atom. The lowest BCUT2D eigenvalue weighted by Crippen LogP contribution is -2.20. The molecule has 0 spiro atoms. The summed E-state index contributed by atoms with van der Waals surface area (Å²) in [7, 11) is 0.965. The van der Waals surface area contributed by atoms with Crippen LogP contribution in [-0.4, -0.2) is 23.6 Å². The lowest BCUT2D eigenvalue weighted by molar-refractivity contribution is -0.275. The Hall–Kier alpha value is -1.21. The minimum atomic E-state index is -1.89. The van der Waals surface area contributed by atoms with Crippen molar-refractivity contribution in [3.8, 4) is 17.2 Å². The van der Waals surface area contributed by atoms with E-state index >= 15 is 0 Å². The molecule has 0 bridgehead atoms. The average Bonchev–Trinajstić information content (AvgIpc) is 2.27. The molecule has 17 heavy (non-hydrogen) atoms. The molecule has 1 unspecified atom stereocenters. The van der Waals surface area contributed by atoms with Crippen LogP contribution in [0.15, 0.2) is 0 Å². The molecule has 0 saturated carbocycles. The third-order valence-electron chi connectivity index (χ3n) is 2.34. The Labute approximate surface area is 101 Å². The second kappa shape index (κ2) is 4.58. The molecule has 0 aromatic heterocycles. The molecule has 0 aliphatic rings. The highest BCUT2D eigenvalue weighted by atomic mass is 32.2. The number of hydrogen-bond donors (Lipinski definition) is 2. The van der Waals surface area contributed by atoms with E-state index < -0.39 is 39.4 Å².